The van der Waals surface area contributed by atoms with Crippen molar-refractivity contribution in [1.29, 1.82) is 0 Å². The summed E-state index contributed by atoms with van der Waals surface area (Å²) in [5, 5.41) is 46.3. The first-order valence-corrected chi connectivity index (χ1v) is 4.59. The van der Waals surface area contributed by atoms with E-state index in [2.05, 4.69) is 4.74 Å². The molecule has 0 aliphatic carbocycles. The molecule has 1 rings (SSSR count). The summed E-state index contributed by atoms with van der Waals surface area (Å²) in [5.74, 6) is -3.44. The third-order valence-corrected chi connectivity index (χ3v) is 2.20. The molecule has 1 atom stereocenters. The van der Waals surface area contributed by atoms with Gasteiger partial charge in [0.25, 0.3) is 0 Å². The summed E-state index contributed by atoms with van der Waals surface area (Å²) in [6.07, 6.45) is -1.59. The highest BCUT2D eigenvalue weighted by atomic mass is 16.5. The molecule has 5 N–H and O–H groups in total. The van der Waals surface area contributed by atoms with Crippen molar-refractivity contribution in [2.75, 3.05) is 13.7 Å². The van der Waals surface area contributed by atoms with Crippen molar-refractivity contribution in [3.63, 3.8) is 0 Å². The van der Waals surface area contributed by atoms with Crippen LogP contribution in [0.2, 0.25) is 0 Å². The Balaban J connectivity index is 3.51. The summed E-state index contributed by atoms with van der Waals surface area (Å²) in [6, 6.07) is 0.828. The van der Waals surface area contributed by atoms with Gasteiger partial charge in [0.15, 0.2) is 11.5 Å². The van der Waals surface area contributed by atoms with Gasteiger partial charge in [-0.1, -0.05) is 0 Å². The fourth-order valence-corrected chi connectivity index (χ4v) is 1.37. The van der Waals surface area contributed by atoms with E-state index in [-0.39, 0.29) is 5.56 Å². The standard InChI is InChI=1S/C10H12O7/c1-17-10(16)4-2-5(12)8(14)9(15)7(4)6(13)3-11/h2,6,11-15H,3H2,1H3. The summed E-state index contributed by atoms with van der Waals surface area (Å²) < 4.78 is 4.39. The molecule has 0 fully saturated rings. The van der Waals surface area contributed by atoms with Crippen molar-refractivity contribution < 1.29 is 35.1 Å². The van der Waals surface area contributed by atoms with Crippen LogP contribution in [0.3, 0.4) is 0 Å². The first-order chi connectivity index (χ1) is 7.93. The predicted octanol–water partition coefficient (Wildman–Crippen LogP) is -0.384. The third-order valence-electron chi connectivity index (χ3n) is 2.20. The van der Waals surface area contributed by atoms with Gasteiger partial charge in [-0.15, -0.1) is 0 Å². The lowest BCUT2D eigenvalue weighted by atomic mass is 10.00. The summed E-state index contributed by atoms with van der Waals surface area (Å²) in [4.78, 5) is 11.4. The number of phenols is 3. The van der Waals surface area contributed by atoms with Crippen molar-refractivity contribution in [2.45, 2.75) is 6.10 Å². The number of hydrogen-bond acceptors (Lipinski definition) is 7. The number of carbonyl (C=O) groups excluding carboxylic acids is 1. The molecule has 0 radical (unpaired) electrons. The molecule has 94 valence electrons. The zero-order chi connectivity index (χ0) is 13.2. The number of hydrogen-bond donors (Lipinski definition) is 5. The molecule has 0 aliphatic rings. The molecule has 0 amide bonds. The molecule has 1 aromatic carbocycles. The fourth-order valence-electron chi connectivity index (χ4n) is 1.37. The number of methoxy groups -OCH3 is 1. The van der Waals surface area contributed by atoms with E-state index < -0.39 is 41.5 Å². The van der Waals surface area contributed by atoms with Crippen molar-refractivity contribution in [1.82, 2.24) is 0 Å². The van der Waals surface area contributed by atoms with Crippen LogP contribution in [0.15, 0.2) is 6.07 Å². The number of ether oxygens (including phenoxy) is 1. The van der Waals surface area contributed by atoms with Crippen LogP contribution in [0.4, 0.5) is 0 Å². The quantitative estimate of drug-likeness (QED) is 0.362. The Hall–Kier alpha value is -1.99. The fraction of sp³-hybridized carbons (Fsp3) is 0.300. The topological polar surface area (TPSA) is 127 Å². The minimum atomic E-state index is -1.59. The highest BCUT2D eigenvalue weighted by Gasteiger charge is 2.26. The van der Waals surface area contributed by atoms with Crippen LogP contribution in [-0.4, -0.2) is 45.2 Å². The molecule has 0 aliphatic heterocycles. The van der Waals surface area contributed by atoms with Gasteiger partial charge < -0.3 is 30.3 Å². The summed E-state index contributed by atoms with van der Waals surface area (Å²) in [5.41, 5.74) is -0.753. The van der Waals surface area contributed by atoms with Gasteiger partial charge in [0, 0.05) is 5.56 Å². The number of phenolic OH excluding ortho intramolecular Hbond substituents is 3. The average Bonchev–Trinajstić information content (AvgIpc) is 2.33. The maximum absolute atomic E-state index is 11.4. The average molecular weight is 244 g/mol. The molecule has 0 saturated carbocycles. The van der Waals surface area contributed by atoms with E-state index in [1.807, 2.05) is 0 Å². The SMILES string of the molecule is COC(=O)c1cc(O)c(O)c(O)c1C(O)CO. The molecule has 7 heteroatoms. The summed E-state index contributed by atoms with van der Waals surface area (Å²) in [7, 11) is 1.07. The van der Waals surface area contributed by atoms with E-state index >= 15 is 0 Å². The van der Waals surface area contributed by atoms with Gasteiger partial charge in [0.2, 0.25) is 5.75 Å². The smallest absolute Gasteiger partial charge is 0.338 e. The second kappa shape index (κ2) is 4.89. The zero-order valence-electron chi connectivity index (χ0n) is 8.91. The Bertz CT molecular complexity index is 441. The normalized spacial score (nSPS) is 12.2. The lowest BCUT2D eigenvalue weighted by molar-refractivity contribution is 0.0578. The first-order valence-electron chi connectivity index (χ1n) is 4.59. The molecule has 17 heavy (non-hydrogen) atoms. The van der Waals surface area contributed by atoms with Crippen LogP contribution in [-0.2, 0) is 4.74 Å². The molecule has 7 nitrogen and oxygen atoms in total. The first kappa shape index (κ1) is 13.1. The van der Waals surface area contributed by atoms with Crippen molar-refractivity contribution >= 4 is 5.97 Å². The van der Waals surface area contributed by atoms with Gasteiger partial charge in [0.1, 0.15) is 6.10 Å². The van der Waals surface area contributed by atoms with E-state index in [0.717, 1.165) is 13.2 Å². The highest BCUT2D eigenvalue weighted by Crippen LogP contribution is 2.42. The van der Waals surface area contributed by atoms with Gasteiger partial charge in [-0.3, -0.25) is 0 Å². The van der Waals surface area contributed by atoms with E-state index in [1.54, 1.807) is 0 Å². The maximum Gasteiger partial charge on any atom is 0.338 e. The molecule has 0 saturated heterocycles. The van der Waals surface area contributed by atoms with E-state index in [4.69, 9.17) is 5.11 Å². The predicted molar refractivity (Wildman–Crippen MR) is 54.8 cm³/mol. The molecule has 0 aromatic heterocycles. The second-order valence-corrected chi connectivity index (χ2v) is 3.24. The number of aliphatic hydroxyl groups excluding tert-OH is 2. The van der Waals surface area contributed by atoms with Crippen LogP contribution < -0.4 is 0 Å². The van der Waals surface area contributed by atoms with Gasteiger partial charge >= 0.3 is 5.97 Å². The van der Waals surface area contributed by atoms with Crippen LogP contribution in [0, 0.1) is 0 Å². The van der Waals surface area contributed by atoms with E-state index in [1.165, 1.54) is 0 Å². The Labute approximate surface area is 96.1 Å². The molecular formula is C10H12O7. The second-order valence-electron chi connectivity index (χ2n) is 3.24. The zero-order valence-corrected chi connectivity index (χ0v) is 8.91. The van der Waals surface area contributed by atoms with Crippen molar-refractivity contribution in [3.8, 4) is 17.2 Å². The van der Waals surface area contributed by atoms with Crippen LogP contribution >= 0.6 is 0 Å². The lowest BCUT2D eigenvalue weighted by Crippen LogP contribution is -2.12. The minimum Gasteiger partial charge on any atom is -0.504 e. The minimum absolute atomic E-state index is 0.346. The Kier molecular flexibility index (Phi) is 3.77. The van der Waals surface area contributed by atoms with E-state index in [9.17, 15) is 25.2 Å². The van der Waals surface area contributed by atoms with Crippen molar-refractivity contribution in [2.24, 2.45) is 0 Å². The molecular weight excluding hydrogens is 232 g/mol. The number of esters is 1. The van der Waals surface area contributed by atoms with Crippen molar-refractivity contribution in [3.05, 3.63) is 17.2 Å². The lowest BCUT2D eigenvalue weighted by Gasteiger charge is -2.15. The molecule has 0 spiro atoms. The third kappa shape index (κ3) is 2.24. The summed E-state index contributed by atoms with van der Waals surface area (Å²) >= 11 is 0. The van der Waals surface area contributed by atoms with Crippen LogP contribution in [0.5, 0.6) is 17.2 Å². The molecule has 0 heterocycles. The number of carbonyl (C=O) groups is 1. The summed E-state index contributed by atoms with van der Waals surface area (Å²) in [6.45, 7) is -0.776. The van der Waals surface area contributed by atoms with Crippen LogP contribution in [0.25, 0.3) is 0 Å². The highest BCUT2D eigenvalue weighted by molar-refractivity contribution is 5.93. The van der Waals surface area contributed by atoms with Gasteiger partial charge in [-0.05, 0) is 6.07 Å². The van der Waals surface area contributed by atoms with Gasteiger partial charge in [-0.2, -0.15) is 0 Å². The monoisotopic (exact) mass is 244 g/mol. The number of rotatable bonds is 3. The maximum atomic E-state index is 11.4. The Morgan fingerprint density at radius 3 is 2.41 bits per heavy atom. The number of aromatic hydroxyl groups is 3. The molecule has 1 unspecified atom stereocenters. The Morgan fingerprint density at radius 1 is 1.35 bits per heavy atom. The molecule has 0 bridgehead atoms. The van der Waals surface area contributed by atoms with Gasteiger partial charge in [-0.25, -0.2) is 4.79 Å². The Morgan fingerprint density at radius 2 is 1.94 bits per heavy atom. The molecule has 1 aromatic rings. The largest absolute Gasteiger partial charge is 0.504 e. The van der Waals surface area contributed by atoms with Crippen LogP contribution in [0.1, 0.15) is 22.0 Å². The number of benzene rings is 1. The van der Waals surface area contributed by atoms with Gasteiger partial charge in [0.05, 0.1) is 19.3 Å². The number of aliphatic hydroxyl groups is 2. The van der Waals surface area contributed by atoms with E-state index in [0.29, 0.717) is 0 Å².